The third-order valence-electron chi connectivity index (χ3n) is 3.77. The first-order valence-corrected chi connectivity index (χ1v) is 6.79. The minimum Gasteiger partial charge on any atom is -0.336 e. The van der Waals surface area contributed by atoms with Gasteiger partial charge < -0.3 is 10.2 Å². The molecule has 0 radical (unpaired) electrons. The van der Waals surface area contributed by atoms with E-state index in [0.717, 1.165) is 31.8 Å². The Kier molecular flexibility index (Phi) is 3.87. The van der Waals surface area contributed by atoms with Crippen molar-refractivity contribution in [1.29, 1.82) is 0 Å². The summed E-state index contributed by atoms with van der Waals surface area (Å²) < 4.78 is 0. The predicted molar refractivity (Wildman–Crippen MR) is 69.7 cm³/mol. The number of carbonyl (C=O) groups is 1. The largest absolute Gasteiger partial charge is 0.336 e. The standard InChI is InChI=1S/C14H24N2O/c1-10-4-5-13(6-10)7-14(17)16-8-11(2)15-12(3)9-16/h7,10-12,15H,4-6,8-9H2,1-3H3/b13-7-/t10-,11-,12+/m1/s1. The molecule has 0 aromatic carbocycles. The summed E-state index contributed by atoms with van der Waals surface area (Å²) in [6, 6.07) is 0.812. The smallest absolute Gasteiger partial charge is 0.246 e. The third-order valence-corrected chi connectivity index (χ3v) is 3.77. The quantitative estimate of drug-likeness (QED) is 0.706. The molecule has 1 saturated heterocycles. The molecule has 3 nitrogen and oxygen atoms in total. The second kappa shape index (κ2) is 5.21. The van der Waals surface area contributed by atoms with Crippen LogP contribution in [-0.4, -0.2) is 36.0 Å². The topological polar surface area (TPSA) is 32.3 Å². The maximum Gasteiger partial charge on any atom is 0.246 e. The molecule has 1 heterocycles. The zero-order valence-electron chi connectivity index (χ0n) is 11.2. The molecule has 1 aliphatic heterocycles. The summed E-state index contributed by atoms with van der Waals surface area (Å²) in [6.45, 7) is 8.22. The molecule has 2 fully saturated rings. The molecule has 1 amide bonds. The van der Waals surface area contributed by atoms with Gasteiger partial charge in [-0.1, -0.05) is 12.5 Å². The van der Waals surface area contributed by atoms with Crippen LogP contribution in [0.4, 0.5) is 0 Å². The monoisotopic (exact) mass is 236 g/mol. The van der Waals surface area contributed by atoms with E-state index in [0.29, 0.717) is 12.1 Å². The molecule has 0 bridgehead atoms. The van der Waals surface area contributed by atoms with Gasteiger partial charge in [-0.25, -0.2) is 0 Å². The number of hydrogen-bond acceptors (Lipinski definition) is 2. The molecular formula is C14H24N2O. The summed E-state index contributed by atoms with van der Waals surface area (Å²) in [6.07, 6.45) is 5.37. The third kappa shape index (κ3) is 3.32. The van der Waals surface area contributed by atoms with Gasteiger partial charge in [-0.15, -0.1) is 0 Å². The number of rotatable bonds is 1. The number of piperazine rings is 1. The van der Waals surface area contributed by atoms with Crippen LogP contribution in [0.15, 0.2) is 11.6 Å². The lowest BCUT2D eigenvalue weighted by molar-refractivity contribution is -0.127. The highest BCUT2D eigenvalue weighted by Gasteiger charge is 2.24. The van der Waals surface area contributed by atoms with Gasteiger partial charge in [-0.05, 0) is 39.0 Å². The van der Waals surface area contributed by atoms with Gasteiger partial charge in [0.15, 0.2) is 0 Å². The maximum absolute atomic E-state index is 12.2. The van der Waals surface area contributed by atoms with E-state index in [2.05, 4.69) is 26.1 Å². The van der Waals surface area contributed by atoms with Gasteiger partial charge in [0.25, 0.3) is 0 Å². The van der Waals surface area contributed by atoms with Gasteiger partial charge in [0.1, 0.15) is 0 Å². The van der Waals surface area contributed by atoms with E-state index >= 15 is 0 Å². The van der Waals surface area contributed by atoms with Crippen molar-refractivity contribution >= 4 is 5.91 Å². The fraction of sp³-hybridized carbons (Fsp3) is 0.786. The Morgan fingerprint density at radius 3 is 2.47 bits per heavy atom. The SMILES string of the molecule is C[C@@H]1CC/C(=C/C(=O)N2C[C@@H](C)N[C@@H](C)C2)C1. The first-order chi connectivity index (χ1) is 8.04. The van der Waals surface area contributed by atoms with Crippen molar-refractivity contribution in [3.63, 3.8) is 0 Å². The van der Waals surface area contributed by atoms with Crippen LogP contribution in [0.1, 0.15) is 40.0 Å². The van der Waals surface area contributed by atoms with Gasteiger partial charge >= 0.3 is 0 Å². The zero-order chi connectivity index (χ0) is 12.4. The summed E-state index contributed by atoms with van der Waals surface area (Å²) in [5.41, 5.74) is 1.35. The van der Waals surface area contributed by atoms with Gasteiger partial charge in [-0.2, -0.15) is 0 Å². The van der Waals surface area contributed by atoms with Crippen LogP contribution in [0.25, 0.3) is 0 Å². The maximum atomic E-state index is 12.2. The van der Waals surface area contributed by atoms with E-state index < -0.39 is 0 Å². The number of nitrogens with zero attached hydrogens (tertiary/aromatic N) is 1. The molecule has 1 N–H and O–H groups in total. The molecule has 1 aliphatic carbocycles. The van der Waals surface area contributed by atoms with E-state index in [9.17, 15) is 4.79 Å². The van der Waals surface area contributed by atoms with Crippen LogP contribution < -0.4 is 5.32 Å². The van der Waals surface area contributed by atoms with Crippen LogP contribution in [-0.2, 0) is 4.79 Å². The highest BCUT2D eigenvalue weighted by atomic mass is 16.2. The fourth-order valence-electron chi connectivity index (χ4n) is 2.99. The molecule has 0 aromatic heterocycles. The highest BCUT2D eigenvalue weighted by Crippen LogP contribution is 2.29. The van der Waals surface area contributed by atoms with Crippen LogP contribution in [0.3, 0.4) is 0 Å². The zero-order valence-corrected chi connectivity index (χ0v) is 11.2. The molecule has 2 rings (SSSR count). The van der Waals surface area contributed by atoms with Gasteiger partial charge in [0, 0.05) is 31.2 Å². The van der Waals surface area contributed by atoms with Gasteiger partial charge in [-0.3, -0.25) is 4.79 Å². The van der Waals surface area contributed by atoms with E-state index in [-0.39, 0.29) is 5.91 Å². The molecule has 0 spiro atoms. The summed E-state index contributed by atoms with van der Waals surface area (Å²) in [5.74, 6) is 0.976. The number of amides is 1. The number of carbonyl (C=O) groups excluding carboxylic acids is 1. The minimum atomic E-state index is 0.217. The van der Waals surface area contributed by atoms with Crippen LogP contribution in [0, 0.1) is 5.92 Å². The van der Waals surface area contributed by atoms with E-state index in [1.54, 1.807) is 0 Å². The van der Waals surface area contributed by atoms with Crippen molar-refractivity contribution in [2.24, 2.45) is 5.92 Å². The van der Waals surface area contributed by atoms with E-state index in [1.807, 2.05) is 11.0 Å². The average Bonchev–Trinajstić information content (AvgIpc) is 2.62. The van der Waals surface area contributed by atoms with Crippen LogP contribution in [0.2, 0.25) is 0 Å². The molecule has 1 saturated carbocycles. The second-order valence-corrected chi connectivity index (χ2v) is 5.86. The number of hydrogen-bond donors (Lipinski definition) is 1. The van der Waals surface area contributed by atoms with E-state index in [1.165, 1.54) is 12.0 Å². The number of allylic oxidation sites excluding steroid dienone is 1. The van der Waals surface area contributed by atoms with Crippen molar-refractivity contribution in [3.05, 3.63) is 11.6 Å². The molecular weight excluding hydrogens is 212 g/mol. The van der Waals surface area contributed by atoms with Crippen molar-refractivity contribution in [3.8, 4) is 0 Å². The van der Waals surface area contributed by atoms with Gasteiger partial charge in [0.2, 0.25) is 5.91 Å². The molecule has 0 unspecified atom stereocenters. The fourth-order valence-corrected chi connectivity index (χ4v) is 2.99. The first-order valence-electron chi connectivity index (χ1n) is 6.79. The van der Waals surface area contributed by atoms with E-state index in [4.69, 9.17) is 0 Å². The predicted octanol–water partition coefficient (Wildman–Crippen LogP) is 1.94. The van der Waals surface area contributed by atoms with Crippen molar-refractivity contribution in [2.45, 2.75) is 52.1 Å². The molecule has 3 heteroatoms. The summed E-state index contributed by atoms with van der Waals surface area (Å²) in [7, 11) is 0. The van der Waals surface area contributed by atoms with Gasteiger partial charge in [0.05, 0.1) is 0 Å². The Labute approximate surface area is 104 Å². The molecule has 0 aromatic rings. The first kappa shape index (κ1) is 12.6. The van der Waals surface area contributed by atoms with Crippen molar-refractivity contribution < 1.29 is 4.79 Å². The van der Waals surface area contributed by atoms with Crippen molar-refractivity contribution in [2.75, 3.05) is 13.1 Å². The Morgan fingerprint density at radius 2 is 1.94 bits per heavy atom. The van der Waals surface area contributed by atoms with Crippen molar-refractivity contribution in [1.82, 2.24) is 10.2 Å². The highest BCUT2D eigenvalue weighted by molar-refractivity contribution is 5.88. The van der Waals surface area contributed by atoms with Crippen LogP contribution in [0.5, 0.6) is 0 Å². The molecule has 17 heavy (non-hydrogen) atoms. The Bertz CT molecular complexity index is 314. The lowest BCUT2D eigenvalue weighted by Crippen LogP contribution is -2.55. The Balaban J connectivity index is 1.95. The lowest BCUT2D eigenvalue weighted by Gasteiger charge is -2.35. The minimum absolute atomic E-state index is 0.217. The summed E-state index contributed by atoms with van der Waals surface area (Å²) in [5, 5.41) is 3.45. The second-order valence-electron chi connectivity index (χ2n) is 5.86. The average molecular weight is 236 g/mol. The Morgan fingerprint density at radius 1 is 1.29 bits per heavy atom. The Hall–Kier alpha value is -0.830. The molecule has 2 aliphatic rings. The number of nitrogens with one attached hydrogen (secondary N) is 1. The lowest BCUT2D eigenvalue weighted by atomic mass is 10.1. The summed E-state index contributed by atoms with van der Waals surface area (Å²) >= 11 is 0. The molecule has 3 atom stereocenters. The normalized spacial score (nSPS) is 36.5. The molecule has 96 valence electrons. The summed E-state index contributed by atoms with van der Waals surface area (Å²) in [4.78, 5) is 14.2. The van der Waals surface area contributed by atoms with Crippen LogP contribution >= 0.6 is 0 Å².